The summed E-state index contributed by atoms with van der Waals surface area (Å²) in [5.74, 6) is 0.706. The number of allylic oxidation sites excluding steroid dienone is 1. The Labute approximate surface area is 143 Å². The lowest BCUT2D eigenvalue weighted by Gasteiger charge is -2.36. The van der Waals surface area contributed by atoms with E-state index in [1.807, 2.05) is 13.1 Å². The Morgan fingerprint density at radius 2 is 2.00 bits per heavy atom. The molecule has 7 heteroatoms. The van der Waals surface area contributed by atoms with Gasteiger partial charge in [-0.3, -0.25) is 4.99 Å². The summed E-state index contributed by atoms with van der Waals surface area (Å²) in [4.78, 5) is 13.8. The van der Waals surface area contributed by atoms with Crippen molar-refractivity contribution in [2.75, 3.05) is 31.1 Å². The Kier molecular flexibility index (Phi) is 5.85. The highest BCUT2D eigenvalue weighted by molar-refractivity contribution is 5.70. The van der Waals surface area contributed by atoms with Crippen LogP contribution >= 0.6 is 0 Å². The number of aliphatic imine (C=N–C) groups is 1. The number of hydrogen-bond acceptors (Lipinski definition) is 7. The number of likely N-dealkylation sites (tertiary alicyclic amines) is 1. The van der Waals surface area contributed by atoms with E-state index in [9.17, 15) is 0 Å². The molecule has 1 aromatic rings. The van der Waals surface area contributed by atoms with Crippen molar-refractivity contribution >= 4 is 12.2 Å². The van der Waals surface area contributed by atoms with Crippen LogP contribution in [0.25, 0.3) is 0 Å². The van der Waals surface area contributed by atoms with E-state index in [1.165, 1.54) is 19.0 Å². The molecule has 132 valence electrons. The van der Waals surface area contributed by atoms with Crippen molar-refractivity contribution in [3.8, 4) is 0 Å². The predicted octanol–water partition coefficient (Wildman–Crippen LogP) is 1.74. The zero-order chi connectivity index (χ0) is 16.8. The van der Waals surface area contributed by atoms with Crippen molar-refractivity contribution < 1.29 is 4.52 Å². The lowest BCUT2D eigenvalue weighted by Crippen LogP contribution is -2.42. The predicted molar refractivity (Wildman–Crippen MR) is 95.3 cm³/mol. The molecular weight excluding hydrogens is 304 g/mol. The lowest BCUT2D eigenvalue weighted by atomic mass is 10.0. The first-order valence-corrected chi connectivity index (χ1v) is 8.95. The highest BCUT2D eigenvalue weighted by Crippen LogP contribution is 2.24. The summed E-state index contributed by atoms with van der Waals surface area (Å²) < 4.78 is 5.32. The normalized spacial score (nSPS) is 24.9. The van der Waals surface area contributed by atoms with Crippen LogP contribution in [0.15, 0.2) is 21.8 Å². The van der Waals surface area contributed by atoms with Crippen LogP contribution in [0.3, 0.4) is 0 Å². The fraction of sp³-hybridized carbons (Fsp3) is 0.706. The molecule has 0 spiro atoms. The number of rotatable bonds is 4. The van der Waals surface area contributed by atoms with Crippen LogP contribution < -0.4 is 10.6 Å². The van der Waals surface area contributed by atoms with Gasteiger partial charge in [0, 0.05) is 38.4 Å². The van der Waals surface area contributed by atoms with Crippen LogP contribution in [0.4, 0.5) is 6.01 Å². The first kappa shape index (κ1) is 17.0. The van der Waals surface area contributed by atoms with Crippen molar-refractivity contribution in [2.24, 2.45) is 10.7 Å². The average molecular weight is 332 g/mol. The summed E-state index contributed by atoms with van der Waals surface area (Å²) in [5, 5.41) is 3.91. The summed E-state index contributed by atoms with van der Waals surface area (Å²) in [6.07, 6.45) is 11.0. The molecule has 0 bridgehead atoms. The zero-order valence-electron chi connectivity index (χ0n) is 14.5. The van der Waals surface area contributed by atoms with E-state index in [4.69, 9.17) is 10.3 Å². The molecule has 0 aromatic carbocycles. The first-order valence-electron chi connectivity index (χ1n) is 8.95. The third-order valence-electron chi connectivity index (χ3n) is 4.99. The number of nitrogens with zero attached hydrogens (tertiary/aromatic N) is 5. The Balaban J connectivity index is 1.48. The molecule has 24 heavy (non-hydrogen) atoms. The SMILES string of the molecule is Cc1noc(N2CCCC(N3CCC(N=CC=CN)CC3)CC2)n1. The van der Waals surface area contributed by atoms with E-state index in [0.717, 1.165) is 45.4 Å². The van der Waals surface area contributed by atoms with Crippen molar-refractivity contribution in [2.45, 2.75) is 51.1 Å². The smallest absolute Gasteiger partial charge is 0.324 e. The second kappa shape index (κ2) is 8.28. The monoisotopic (exact) mass is 332 g/mol. The highest BCUT2D eigenvalue weighted by Gasteiger charge is 2.27. The highest BCUT2D eigenvalue weighted by atomic mass is 16.5. The molecule has 2 fully saturated rings. The van der Waals surface area contributed by atoms with E-state index in [2.05, 4.69) is 24.9 Å². The second-order valence-corrected chi connectivity index (χ2v) is 6.65. The Hall–Kier alpha value is -1.89. The van der Waals surface area contributed by atoms with Gasteiger partial charge >= 0.3 is 6.01 Å². The van der Waals surface area contributed by atoms with Crippen LogP contribution in [0.1, 0.15) is 37.9 Å². The van der Waals surface area contributed by atoms with Gasteiger partial charge < -0.3 is 20.1 Å². The lowest BCUT2D eigenvalue weighted by molar-refractivity contribution is 0.143. The van der Waals surface area contributed by atoms with Gasteiger partial charge in [-0.2, -0.15) is 4.98 Å². The molecule has 2 aliphatic rings. The minimum Gasteiger partial charge on any atom is -0.405 e. The molecule has 1 atom stereocenters. The van der Waals surface area contributed by atoms with Gasteiger partial charge in [-0.1, -0.05) is 5.16 Å². The molecule has 1 aromatic heterocycles. The second-order valence-electron chi connectivity index (χ2n) is 6.65. The molecule has 3 heterocycles. The van der Waals surface area contributed by atoms with Crippen LogP contribution in [0.5, 0.6) is 0 Å². The summed E-state index contributed by atoms with van der Waals surface area (Å²) in [6.45, 7) is 6.14. The fourth-order valence-corrected chi connectivity index (χ4v) is 3.67. The van der Waals surface area contributed by atoms with Crippen molar-refractivity contribution in [3.63, 3.8) is 0 Å². The molecule has 0 amide bonds. The van der Waals surface area contributed by atoms with Crippen molar-refractivity contribution in [1.82, 2.24) is 15.0 Å². The molecule has 7 nitrogen and oxygen atoms in total. The molecule has 1 unspecified atom stereocenters. The maximum absolute atomic E-state index is 5.33. The van der Waals surface area contributed by atoms with Gasteiger partial charge in [0.25, 0.3) is 0 Å². The minimum absolute atomic E-state index is 0.445. The summed E-state index contributed by atoms with van der Waals surface area (Å²) in [5.41, 5.74) is 5.33. The first-order chi connectivity index (χ1) is 11.8. The summed E-state index contributed by atoms with van der Waals surface area (Å²) in [7, 11) is 0. The number of hydrogen-bond donors (Lipinski definition) is 1. The Morgan fingerprint density at radius 3 is 2.71 bits per heavy atom. The average Bonchev–Trinajstić information content (AvgIpc) is 2.89. The molecule has 0 aliphatic carbocycles. The number of piperidine rings is 1. The van der Waals surface area contributed by atoms with E-state index in [0.29, 0.717) is 23.9 Å². The standard InChI is InChI=1S/C17H28N6O/c1-14-20-17(24-21-14)23-10-2-4-16(7-13-23)22-11-5-15(6-12-22)19-9-3-8-18/h3,8-9,15-16H,2,4-7,10-13,18H2,1H3. The topological polar surface area (TPSA) is 83.8 Å². The number of nitrogens with two attached hydrogens (primary N) is 1. The molecule has 0 saturated carbocycles. The van der Waals surface area contributed by atoms with Gasteiger partial charge in [-0.05, 0) is 51.3 Å². The largest absolute Gasteiger partial charge is 0.405 e. The summed E-state index contributed by atoms with van der Waals surface area (Å²) in [6, 6.07) is 1.78. The third-order valence-corrected chi connectivity index (χ3v) is 4.99. The molecule has 2 aliphatic heterocycles. The van der Waals surface area contributed by atoms with Gasteiger partial charge in [0.05, 0.1) is 6.04 Å². The van der Waals surface area contributed by atoms with Gasteiger partial charge in [0.15, 0.2) is 5.82 Å². The van der Waals surface area contributed by atoms with Gasteiger partial charge in [-0.15, -0.1) is 0 Å². The third kappa shape index (κ3) is 4.35. The van der Waals surface area contributed by atoms with E-state index in [-0.39, 0.29) is 0 Å². The zero-order valence-corrected chi connectivity index (χ0v) is 14.5. The number of aryl methyl sites for hydroxylation is 1. The van der Waals surface area contributed by atoms with Crippen molar-refractivity contribution in [1.29, 1.82) is 0 Å². The molecule has 3 rings (SSSR count). The Bertz CT molecular complexity index is 561. The molecule has 2 saturated heterocycles. The van der Waals surface area contributed by atoms with E-state index < -0.39 is 0 Å². The maximum atomic E-state index is 5.33. The van der Waals surface area contributed by atoms with E-state index in [1.54, 1.807) is 6.08 Å². The van der Waals surface area contributed by atoms with Crippen LogP contribution in [-0.2, 0) is 0 Å². The van der Waals surface area contributed by atoms with Crippen molar-refractivity contribution in [3.05, 3.63) is 18.1 Å². The summed E-state index contributed by atoms with van der Waals surface area (Å²) >= 11 is 0. The van der Waals surface area contributed by atoms with E-state index >= 15 is 0 Å². The molecular formula is C17H28N6O. The van der Waals surface area contributed by atoms with Gasteiger partial charge in [0.1, 0.15) is 0 Å². The fourth-order valence-electron chi connectivity index (χ4n) is 3.67. The van der Waals surface area contributed by atoms with Crippen LogP contribution in [0, 0.1) is 6.92 Å². The Morgan fingerprint density at radius 1 is 1.17 bits per heavy atom. The quantitative estimate of drug-likeness (QED) is 0.846. The number of aromatic nitrogens is 2. The van der Waals surface area contributed by atoms with Crippen LogP contribution in [0.2, 0.25) is 0 Å². The maximum Gasteiger partial charge on any atom is 0.324 e. The van der Waals surface area contributed by atoms with Gasteiger partial charge in [-0.25, -0.2) is 0 Å². The van der Waals surface area contributed by atoms with Gasteiger partial charge in [0.2, 0.25) is 0 Å². The molecule has 0 radical (unpaired) electrons. The number of anilines is 1. The minimum atomic E-state index is 0.445. The molecule has 2 N–H and O–H groups in total. The van der Waals surface area contributed by atoms with Crippen LogP contribution in [-0.4, -0.2) is 59.5 Å².